The molecule has 0 amide bonds. The third-order valence-corrected chi connectivity index (χ3v) is 8.65. The van der Waals surface area contributed by atoms with Crippen molar-refractivity contribution in [2.24, 2.45) is 0 Å². The molecule has 1 N–H and O–H groups in total. The van der Waals surface area contributed by atoms with Gasteiger partial charge >= 0.3 is 0 Å². The topological polar surface area (TPSA) is 20.2 Å². The van der Waals surface area contributed by atoms with Crippen LogP contribution in [0.2, 0.25) is 19.1 Å². The van der Waals surface area contributed by atoms with Gasteiger partial charge < -0.3 is 5.11 Å². The average molecular weight is 377 g/mol. The summed E-state index contributed by atoms with van der Waals surface area (Å²) < 4.78 is 29.0. The molecule has 1 nitrogen and oxygen atoms in total. The normalized spacial score (nSPS) is 11.8. The van der Waals surface area contributed by atoms with Crippen molar-refractivity contribution in [1.29, 1.82) is 0 Å². The summed E-state index contributed by atoms with van der Waals surface area (Å²) >= 11 is 0. The zero-order valence-corrected chi connectivity index (χ0v) is 17.1. The van der Waals surface area contributed by atoms with Crippen molar-refractivity contribution < 1.29 is 13.9 Å². The highest BCUT2D eigenvalue weighted by atomic mass is 28.3. The molecule has 0 aliphatic heterocycles. The van der Waals surface area contributed by atoms with Crippen LogP contribution in [-0.4, -0.2) is 19.8 Å². The van der Waals surface area contributed by atoms with Gasteiger partial charge in [0.05, 0.1) is 8.07 Å². The number of hydrogen-bond acceptors (Lipinski definition) is 1. The third-order valence-electron chi connectivity index (χ3n) is 5.15. The highest BCUT2D eigenvalue weighted by molar-refractivity contribution is 6.89. The summed E-state index contributed by atoms with van der Waals surface area (Å²) in [4.78, 5) is 0. The standard InChI is InChI=1S/C22H30F2OSi/c1-4-5-6-8-18-11-14-20(22(24)21(18)23)17-9-12-19(13-10-17)26(2,3)16-7-15-25/h9-14,25H,4-8,15-16H2,1-3H3. The quantitative estimate of drug-likeness (QED) is 0.442. The smallest absolute Gasteiger partial charge is 0.166 e. The van der Waals surface area contributed by atoms with E-state index in [2.05, 4.69) is 20.0 Å². The summed E-state index contributed by atoms with van der Waals surface area (Å²) in [5, 5.41) is 10.3. The van der Waals surface area contributed by atoms with Gasteiger partial charge in [-0.15, -0.1) is 0 Å². The molecule has 0 atom stereocenters. The number of aliphatic hydroxyl groups excluding tert-OH is 1. The van der Waals surface area contributed by atoms with E-state index in [4.69, 9.17) is 5.11 Å². The van der Waals surface area contributed by atoms with E-state index in [1.165, 1.54) is 5.19 Å². The van der Waals surface area contributed by atoms with Crippen molar-refractivity contribution in [2.45, 2.75) is 58.2 Å². The molecule has 0 saturated carbocycles. The van der Waals surface area contributed by atoms with Gasteiger partial charge in [0.15, 0.2) is 11.6 Å². The minimum Gasteiger partial charge on any atom is -0.396 e. The Morgan fingerprint density at radius 1 is 0.885 bits per heavy atom. The Morgan fingerprint density at radius 3 is 2.19 bits per heavy atom. The molecule has 0 radical (unpaired) electrons. The maximum absolute atomic E-state index is 14.6. The first kappa shape index (κ1) is 20.8. The minimum atomic E-state index is -1.60. The van der Waals surface area contributed by atoms with Crippen molar-refractivity contribution >= 4 is 13.3 Å². The highest BCUT2D eigenvalue weighted by Crippen LogP contribution is 2.27. The largest absolute Gasteiger partial charge is 0.396 e. The molecule has 0 saturated heterocycles. The SMILES string of the molecule is CCCCCc1ccc(-c2ccc([Si](C)(C)CCCO)cc2)c(F)c1F. The van der Waals surface area contributed by atoms with Crippen LogP contribution in [0.15, 0.2) is 36.4 Å². The highest BCUT2D eigenvalue weighted by Gasteiger charge is 2.23. The predicted octanol–water partition coefficient (Wildman–Crippen LogP) is 5.66. The van der Waals surface area contributed by atoms with E-state index in [1.807, 2.05) is 24.3 Å². The second-order valence-electron chi connectivity index (χ2n) is 7.65. The predicted molar refractivity (Wildman–Crippen MR) is 109 cm³/mol. The van der Waals surface area contributed by atoms with Crippen LogP contribution in [0.1, 0.15) is 38.2 Å². The Balaban J connectivity index is 2.22. The van der Waals surface area contributed by atoms with Crippen LogP contribution in [-0.2, 0) is 6.42 Å². The second-order valence-corrected chi connectivity index (χ2v) is 12.5. The fourth-order valence-electron chi connectivity index (χ4n) is 3.34. The van der Waals surface area contributed by atoms with Crippen molar-refractivity contribution in [3.05, 3.63) is 53.6 Å². The molecule has 0 heterocycles. The Bertz CT molecular complexity index is 711. The van der Waals surface area contributed by atoms with Gasteiger partial charge in [-0.3, -0.25) is 0 Å². The van der Waals surface area contributed by atoms with Crippen LogP contribution in [0.5, 0.6) is 0 Å². The van der Waals surface area contributed by atoms with Crippen LogP contribution in [0.3, 0.4) is 0 Å². The molecule has 4 heteroatoms. The van der Waals surface area contributed by atoms with Gasteiger partial charge in [-0.25, -0.2) is 8.78 Å². The summed E-state index contributed by atoms with van der Waals surface area (Å²) in [7, 11) is -1.60. The summed E-state index contributed by atoms with van der Waals surface area (Å²) in [5.41, 5.74) is 1.49. The number of unbranched alkanes of at least 4 members (excludes halogenated alkanes) is 2. The van der Waals surface area contributed by atoms with E-state index in [9.17, 15) is 8.78 Å². The molecule has 2 aromatic rings. The molecule has 0 spiro atoms. The van der Waals surface area contributed by atoms with Gasteiger partial charge in [-0.1, -0.05) is 80.5 Å². The molecular weight excluding hydrogens is 346 g/mol. The van der Waals surface area contributed by atoms with E-state index in [0.717, 1.165) is 31.7 Å². The first-order chi connectivity index (χ1) is 12.4. The van der Waals surface area contributed by atoms with Crippen molar-refractivity contribution in [2.75, 3.05) is 6.61 Å². The lowest BCUT2D eigenvalue weighted by Gasteiger charge is -2.23. The summed E-state index contributed by atoms with van der Waals surface area (Å²) in [6.07, 6.45) is 4.36. The van der Waals surface area contributed by atoms with E-state index in [0.29, 0.717) is 23.1 Å². The van der Waals surface area contributed by atoms with E-state index < -0.39 is 19.7 Å². The van der Waals surface area contributed by atoms with E-state index in [1.54, 1.807) is 12.1 Å². The molecule has 0 aliphatic rings. The van der Waals surface area contributed by atoms with Gasteiger partial charge in [0.25, 0.3) is 0 Å². The first-order valence-corrected chi connectivity index (χ1v) is 12.8. The number of aliphatic hydroxyl groups is 1. The molecule has 26 heavy (non-hydrogen) atoms. The molecule has 0 aliphatic carbocycles. The second kappa shape index (κ2) is 9.42. The van der Waals surface area contributed by atoms with Gasteiger partial charge in [0.1, 0.15) is 0 Å². The molecule has 0 fully saturated rings. The molecule has 2 aromatic carbocycles. The Labute approximate surface area is 157 Å². The number of hydrogen-bond donors (Lipinski definition) is 1. The van der Waals surface area contributed by atoms with E-state index in [-0.39, 0.29) is 6.61 Å². The third kappa shape index (κ3) is 5.01. The zero-order valence-electron chi connectivity index (χ0n) is 16.1. The van der Waals surface area contributed by atoms with E-state index >= 15 is 0 Å². The molecule has 142 valence electrons. The molecule has 0 aromatic heterocycles. The van der Waals surface area contributed by atoms with Crippen LogP contribution in [0.25, 0.3) is 11.1 Å². The Hall–Kier alpha value is -1.52. The van der Waals surface area contributed by atoms with Crippen LogP contribution < -0.4 is 5.19 Å². The number of benzene rings is 2. The fourth-order valence-corrected chi connectivity index (χ4v) is 5.74. The van der Waals surface area contributed by atoms with Gasteiger partial charge in [0, 0.05) is 12.2 Å². The van der Waals surface area contributed by atoms with Gasteiger partial charge in [-0.2, -0.15) is 0 Å². The maximum atomic E-state index is 14.6. The summed E-state index contributed by atoms with van der Waals surface area (Å²) in [5.74, 6) is -1.45. The van der Waals surface area contributed by atoms with Crippen LogP contribution in [0.4, 0.5) is 8.78 Å². The Morgan fingerprint density at radius 2 is 1.58 bits per heavy atom. The van der Waals surface area contributed by atoms with Crippen molar-refractivity contribution in [3.8, 4) is 11.1 Å². The lowest BCUT2D eigenvalue weighted by atomic mass is 10.00. The molecule has 2 rings (SSSR count). The summed E-state index contributed by atoms with van der Waals surface area (Å²) in [6, 6.07) is 12.3. The minimum absolute atomic E-state index is 0.212. The number of rotatable bonds is 9. The summed E-state index contributed by atoms with van der Waals surface area (Å²) in [6.45, 7) is 6.84. The number of halogens is 2. The molecule has 0 bridgehead atoms. The Kier molecular flexibility index (Phi) is 7.53. The average Bonchev–Trinajstić information content (AvgIpc) is 2.64. The van der Waals surface area contributed by atoms with Gasteiger partial charge in [0.2, 0.25) is 0 Å². The first-order valence-electron chi connectivity index (χ1n) is 9.59. The monoisotopic (exact) mass is 376 g/mol. The lowest BCUT2D eigenvalue weighted by Crippen LogP contribution is -2.41. The maximum Gasteiger partial charge on any atom is 0.166 e. The lowest BCUT2D eigenvalue weighted by molar-refractivity contribution is 0.294. The molecule has 0 unspecified atom stereocenters. The van der Waals surface area contributed by atoms with Crippen molar-refractivity contribution in [3.63, 3.8) is 0 Å². The molecular formula is C22H30F2OSi. The van der Waals surface area contributed by atoms with Crippen molar-refractivity contribution in [1.82, 2.24) is 0 Å². The van der Waals surface area contributed by atoms with Crippen LogP contribution >= 0.6 is 0 Å². The van der Waals surface area contributed by atoms with Gasteiger partial charge in [-0.05, 0) is 30.4 Å². The fraction of sp³-hybridized carbons (Fsp3) is 0.455. The number of aryl methyl sites for hydroxylation is 1. The zero-order chi connectivity index (χ0) is 19.2. The van der Waals surface area contributed by atoms with Crippen LogP contribution in [0, 0.1) is 11.6 Å².